The van der Waals surface area contributed by atoms with Crippen molar-refractivity contribution in [3.05, 3.63) is 66.0 Å². The SMILES string of the molecule is CN(Cc1cccnc1)CC(C)(C(=O)O)c1ccccc1. The van der Waals surface area contributed by atoms with Crippen molar-refractivity contribution in [2.45, 2.75) is 18.9 Å². The summed E-state index contributed by atoms with van der Waals surface area (Å²) >= 11 is 0. The molecule has 0 aliphatic carbocycles. The predicted octanol–water partition coefficient (Wildman–Crippen LogP) is 2.56. The van der Waals surface area contributed by atoms with Gasteiger partial charge in [0.2, 0.25) is 0 Å². The van der Waals surface area contributed by atoms with E-state index in [1.807, 2.05) is 54.4 Å². The van der Waals surface area contributed by atoms with Crippen LogP contribution in [0.15, 0.2) is 54.9 Å². The number of carboxylic acids is 1. The lowest BCUT2D eigenvalue weighted by molar-refractivity contribution is -0.144. The van der Waals surface area contributed by atoms with Gasteiger partial charge in [-0.3, -0.25) is 9.78 Å². The van der Waals surface area contributed by atoms with Crippen LogP contribution in [-0.4, -0.2) is 34.6 Å². The molecule has 0 spiro atoms. The van der Waals surface area contributed by atoms with E-state index in [1.54, 1.807) is 19.3 Å². The number of hydrogen-bond acceptors (Lipinski definition) is 3. The summed E-state index contributed by atoms with van der Waals surface area (Å²) in [4.78, 5) is 17.9. The highest BCUT2D eigenvalue weighted by Gasteiger charge is 2.36. The van der Waals surface area contributed by atoms with Gasteiger partial charge in [0, 0.05) is 25.5 Å². The van der Waals surface area contributed by atoms with Gasteiger partial charge in [-0.05, 0) is 31.2 Å². The first-order valence-electron chi connectivity index (χ1n) is 6.89. The van der Waals surface area contributed by atoms with Crippen molar-refractivity contribution in [3.63, 3.8) is 0 Å². The Morgan fingerprint density at radius 2 is 1.95 bits per heavy atom. The molecule has 2 rings (SSSR count). The third kappa shape index (κ3) is 3.67. The number of carboxylic acid groups (broad SMARTS) is 1. The van der Waals surface area contributed by atoms with Crippen LogP contribution < -0.4 is 0 Å². The Kier molecular flexibility index (Phi) is 4.70. The van der Waals surface area contributed by atoms with Crippen LogP contribution in [0.1, 0.15) is 18.1 Å². The first-order valence-corrected chi connectivity index (χ1v) is 6.89. The van der Waals surface area contributed by atoms with Crippen LogP contribution in [0.5, 0.6) is 0 Å². The van der Waals surface area contributed by atoms with Crippen molar-refractivity contribution in [1.82, 2.24) is 9.88 Å². The van der Waals surface area contributed by atoms with E-state index in [-0.39, 0.29) is 0 Å². The molecule has 2 aromatic rings. The van der Waals surface area contributed by atoms with E-state index >= 15 is 0 Å². The molecule has 1 aromatic heterocycles. The molecule has 21 heavy (non-hydrogen) atoms. The van der Waals surface area contributed by atoms with Gasteiger partial charge in [0.15, 0.2) is 0 Å². The molecule has 0 bridgehead atoms. The first-order chi connectivity index (χ1) is 10.0. The zero-order valence-corrected chi connectivity index (χ0v) is 12.4. The van der Waals surface area contributed by atoms with Crippen LogP contribution in [-0.2, 0) is 16.8 Å². The number of aliphatic carboxylic acids is 1. The van der Waals surface area contributed by atoms with Crippen LogP contribution in [0.3, 0.4) is 0 Å². The summed E-state index contributed by atoms with van der Waals surface area (Å²) in [7, 11) is 1.93. The van der Waals surface area contributed by atoms with E-state index in [4.69, 9.17) is 0 Å². The molecular formula is C17H20N2O2. The fourth-order valence-corrected chi connectivity index (χ4v) is 2.49. The average Bonchev–Trinajstić information content (AvgIpc) is 2.48. The molecule has 0 radical (unpaired) electrons. The summed E-state index contributed by atoms with van der Waals surface area (Å²) in [5, 5.41) is 9.66. The topological polar surface area (TPSA) is 53.4 Å². The fraction of sp³-hybridized carbons (Fsp3) is 0.294. The second-order valence-corrected chi connectivity index (χ2v) is 5.54. The Hall–Kier alpha value is -2.20. The third-order valence-electron chi connectivity index (χ3n) is 3.64. The summed E-state index contributed by atoms with van der Waals surface area (Å²) in [6, 6.07) is 13.2. The molecule has 0 fully saturated rings. The van der Waals surface area contributed by atoms with Crippen LogP contribution in [0.4, 0.5) is 0 Å². The number of aromatic nitrogens is 1. The lowest BCUT2D eigenvalue weighted by atomic mass is 9.82. The maximum Gasteiger partial charge on any atom is 0.315 e. The molecule has 1 N–H and O–H groups in total. The van der Waals surface area contributed by atoms with E-state index in [0.29, 0.717) is 13.1 Å². The van der Waals surface area contributed by atoms with Crippen molar-refractivity contribution in [1.29, 1.82) is 0 Å². The molecule has 0 aliphatic heterocycles. The molecule has 0 amide bonds. The maximum absolute atomic E-state index is 11.8. The number of carbonyl (C=O) groups is 1. The lowest BCUT2D eigenvalue weighted by Crippen LogP contribution is -2.43. The van der Waals surface area contributed by atoms with Crippen molar-refractivity contribution >= 4 is 5.97 Å². The lowest BCUT2D eigenvalue weighted by Gasteiger charge is -2.30. The minimum Gasteiger partial charge on any atom is -0.481 e. The van der Waals surface area contributed by atoms with Gasteiger partial charge in [-0.2, -0.15) is 0 Å². The highest BCUT2D eigenvalue weighted by molar-refractivity contribution is 5.81. The molecule has 1 heterocycles. The highest BCUT2D eigenvalue weighted by atomic mass is 16.4. The fourth-order valence-electron chi connectivity index (χ4n) is 2.49. The first kappa shape index (κ1) is 15.2. The van der Waals surface area contributed by atoms with Crippen LogP contribution in [0.25, 0.3) is 0 Å². The molecule has 4 nitrogen and oxygen atoms in total. The smallest absolute Gasteiger partial charge is 0.315 e. The summed E-state index contributed by atoms with van der Waals surface area (Å²) < 4.78 is 0. The van der Waals surface area contributed by atoms with Gasteiger partial charge in [0.1, 0.15) is 5.41 Å². The van der Waals surface area contributed by atoms with Crippen molar-refractivity contribution in [3.8, 4) is 0 Å². The van der Waals surface area contributed by atoms with Crippen molar-refractivity contribution in [2.75, 3.05) is 13.6 Å². The van der Waals surface area contributed by atoms with Gasteiger partial charge in [0.05, 0.1) is 0 Å². The third-order valence-corrected chi connectivity index (χ3v) is 3.64. The molecule has 0 saturated carbocycles. The Balaban J connectivity index is 2.15. The summed E-state index contributed by atoms with van der Waals surface area (Å²) in [5.41, 5.74) is 0.953. The molecule has 1 unspecified atom stereocenters. The van der Waals surface area contributed by atoms with E-state index < -0.39 is 11.4 Å². The Morgan fingerprint density at radius 1 is 1.24 bits per heavy atom. The number of benzene rings is 1. The number of rotatable bonds is 6. The average molecular weight is 284 g/mol. The van der Waals surface area contributed by atoms with Gasteiger partial charge in [-0.25, -0.2) is 0 Å². The largest absolute Gasteiger partial charge is 0.481 e. The molecule has 0 aliphatic rings. The van der Waals surface area contributed by atoms with Crippen molar-refractivity contribution < 1.29 is 9.90 Å². The number of likely N-dealkylation sites (N-methyl/N-ethyl adjacent to an activating group) is 1. The van der Waals surface area contributed by atoms with Gasteiger partial charge >= 0.3 is 5.97 Å². The number of hydrogen-bond donors (Lipinski definition) is 1. The molecule has 1 atom stereocenters. The molecular weight excluding hydrogens is 264 g/mol. The Morgan fingerprint density at radius 3 is 2.52 bits per heavy atom. The van der Waals surface area contributed by atoms with Gasteiger partial charge < -0.3 is 10.0 Å². The molecule has 1 aromatic carbocycles. The second kappa shape index (κ2) is 6.50. The summed E-state index contributed by atoms with van der Waals surface area (Å²) in [6.07, 6.45) is 3.53. The Bertz CT molecular complexity index is 586. The number of nitrogens with zero attached hydrogens (tertiary/aromatic N) is 2. The molecule has 0 saturated heterocycles. The minimum atomic E-state index is -0.932. The van der Waals surface area contributed by atoms with Crippen molar-refractivity contribution in [2.24, 2.45) is 0 Å². The van der Waals surface area contributed by atoms with E-state index in [1.165, 1.54) is 0 Å². The predicted molar refractivity (Wildman–Crippen MR) is 82.0 cm³/mol. The second-order valence-electron chi connectivity index (χ2n) is 5.54. The van der Waals surface area contributed by atoms with Crippen LogP contribution in [0.2, 0.25) is 0 Å². The number of pyridine rings is 1. The normalized spacial score (nSPS) is 13.9. The molecule has 110 valence electrons. The van der Waals surface area contributed by atoms with Crippen LogP contribution in [0, 0.1) is 0 Å². The van der Waals surface area contributed by atoms with Gasteiger partial charge in [-0.15, -0.1) is 0 Å². The zero-order valence-electron chi connectivity index (χ0n) is 12.4. The van der Waals surface area contributed by atoms with E-state index in [0.717, 1.165) is 11.1 Å². The summed E-state index contributed by atoms with van der Waals surface area (Å²) in [6.45, 7) is 2.87. The van der Waals surface area contributed by atoms with Gasteiger partial charge in [0.25, 0.3) is 0 Å². The summed E-state index contributed by atoms with van der Waals surface area (Å²) in [5.74, 6) is -0.813. The standard InChI is InChI=1S/C17H20N2O2/c1-17(16(20)21,15-8-4-3-5-9-15)13-19(2)12-14-7-6-10-18-11-14/h3-11H,12-13H2,1-2H3,(H,20,21). The quantitative estimate of drug-likeness (QED) is 0.885. The van der Waals surface area contributed by atoms with Gasteiger partial charge in [-0.1, -0.05) is 36.4 Å². The van der Waals surface area contributed by atoms with E-state index in [9.17, 15) is 9.90 Å². The molecule has 4 heteroatoms. The van der Waals surface area contributed by atoms with E-state index in [2.05, 4.69) is 4.98 Å². The minimum absolute atomic E-state index is 0.432. The monoisotopic (exact) mass is 284 g/mol. The Labute approximate surface area is 125 Å². The highest BCUT2D eigenvalue weighted by Crippen LogP contribution is 2.25. The maximum atomic E-state index is 11.8. The zero-order chi connectivity index (χ0) is 15.3. The van der Waals surface area contributed by atoms with Crippen LogP contribution >= 0.6 is 0 Å².